The molecule has 6 aromatic carbocycles. The first kappa shape index (κ1) is 42.4. The average Bonchev–Trinajstić information content (AvgIpc) is 3.10. The molecule has 45 heavy (non-hydrogen) atoms. The van der Waals surface area contributed by atoms with Crippen LogP contribution < -0.4 is 31.8 Å². The summed E-state index contributed by atoms with van der Waals surface area (Å²) in [6.45, 7) is 9.00. The van der Waals surface area contributed by atoms with Crippen LogP contribution in [0.4, 0.5) is 0 Å². The van der Waals surface area contributed by atoms with E-state index in [1.54, 1.807) is 0 Å². The van der Waals surface area contributed by atoms with Crippen LogP contribution in [0.2, 0.25) is 0 Å². The second-order valence-electron chi connectivity index (χ2n) is 8.68. The standard InChI is InChI=1S/2C18H15P.2CO.2Pt.H2S/c2*1-4-10-16(11-5-1)19(17-12-6-2-7-13-17)18-14-8-3-9-15-18;2*1-2;;;/h2*1-15H;;;;;1H2/p-1. The molecule has 0 N–H and O–H groups in total. The van der Waals surface area contributed by atoms with Gasteiger partial charge in [-0.3, -0.25) is 0 Å². The quantitative estimate of drug-likeness (QED) is 0.0616. The maximum Gasteiger partial charge on any atom is 0 e. The predicted molar refractivity (Wildman–Crippen MR) is 187 cm³/mol. The van der Waals surface area contributed by atoms with Crippen LogP contribution >= 0.6 is 15.8 Å². The fraction of sp³-hybridized carbons (Fsp3) is 0. The Hall–Kier alpha value is -2.61. The second-order valence-corrected chi connectivity index (χ2v) is 13.1. The van der Waals surface area contributed by atoms with E-state index in [0.29, 0.717) is 0 Å². The molecule has 0 atom stereocenters. The zero-order valence-corrected chi connectivity index (χ0v) is 31.3. The molecule has 0 radical (unpaired) electrons. The second kappa shape index (κ2) is 25.6. The third-order valence-corrected chi connectivity index (χ3v) is 11.0. The third-order valence-electron chi connectivity index (χ3n) is 6.09. The van der Waals surface area contributed by atoms with Crippen LogP contribution in [0.25, 0.3) is 0 Å². The smallest absolute Gasteiger partial charge is 0 e. The fourth-order valence-electron chi connectivity index (χ4n) is 4.36. The van der Waals surface area contributed by atoms with E-state index < -0.39 is 15.8 Å². The fourth-order valence-corrected chi connectivity index (χ4v) is 8.97. The molecule has 232 valence electrons. The third kappa shape index (κ3) is 13.3. The van der Waals surface area contributed by atoms with E-state index in [1.165, 1.54) is 31.8 Å². The van der Waals surface area contributed by atoms with Gasteiger partial charge in [-0.05, 0) is 47.7 Å². The Bertz CT molecular complexity index is 1280. The molecule has 6 rings (SSSR count). The molecule has 0 aromatic heterocycles. The van der Waals surface area contributed by atoms with E-state index in [9.17, 15) is 0 Å². The van der Waals surface area contributed by atoms with Crippen molar-refractivity contribution in [1.29, 1.82) is 0 Å². The van der Waals surface area contributed by atoms with Crippen molar-refractivity contribution in [3.63, 3.8) is 0 Å². The molecule has 0 unspecified atom stereocenters. The van der Waals surface area contributed by atoms with Crippen molar-refractivity contribution in [2.24, 2.45) is 0 Å². The van der Waals surface area contributed by atoms with Crippen LogP contribution in [0, 0.1) is 13.3 Å². The molecule has 0 spiro atoms. The molecular formula is C38H31O2P2Pt2S-. The monoisotopic (exact) mass is 1000 g/mol. The van der Waals surface area contributed by atoms with Gasteiger partial charge in [0.1, 0.15) is 0 Å². The Balaban J connectivity index is 0.000000731. The van der Waals surface area contributed by atoms with E-state index in [-0.39, 0.29) is 55.6 Å². The zero-order valence-electron chi connectivity index (χ0n) is 24.1. The molecule has 6 aromatic rings. The van der Waals surface area contributed by atoms with E-state index in [2.05, 4.69) is 195 Å². The summed E-state index contributed by atoms with van der Waals surface area (Å²) in [7, 11) is -0.892. The van der Waals surface area contributed by atoms with Crippen molar-refractivity contribution < 1.29 is 51.4 Å². The number of rotatable bonds is 6. The van der Waals surface area contributed by atoms with E-state index in [4.69, 9.17) is 9.30 Å². The first-order chi connectivity index (χ1) is 20.9. The number of benzene rings is 6. The summed E-state index contributed by atoms with van der Waals surface area (Å²) in [4.78, 5) is 0. The van der Waals surface area contributed by atoms with Crippen LogP contribution in [-0.4, -0.2) is 0 Å². The van der Waals surface area contributed by atoms with Crippen molar-refractivity contribution >= 4 is 61.2 Å². The van der Waals surface area contributed by atoms with E-state index in [0.717, 1.165) is 0 Å². The number of hydrogen-bond acceptors (Lipinski definition) is 1. The minimum Gasteiger partial charge on any atom is -0.813 e. The zero-order chi connectivity index (χ0) is 29.8. The van der Waals surface area contributed by atoms with Gasteiger partial charge in [-0.25, -0.2) is 0 Å². The summed E-state index contributed by atoms with van der Waals surface area (Å²) in [5.41, 5.74) is 0. The van der Waals surface area contributed by atoms with Gasteiger partial charge in [-0.1, -0.05) is 182 Å². The normalized spacial score (nSPS) is 9.02. The average molecular weight is 1000 g/mol. The molecule has 0 bridgehead atoms. The van der Waals surface area contributed by atoms with Crippen molar-refractivity contribution in [3.8, 4) is 0 Å². The van der Waals surface area contributed by atoms with Crippen LogP contribution in [0.1, 0.15) is 0 Å². The maximum atomic E-state index is 7.50. The van der Waals surface area contributed by atoms with Crippen LogP contribution in [0.5, 0.6) is 0 Å². The largest absolute Gasteiger partial charge is 0.813 e. The van der Waals surface area contributed by atoms with Crippen molar-refractivity contribution in [2.45, 2.75) is 0 Å². The van der Waals surface area contributed by atoms with Gasteiger partial charge in [0.2, 0.25) is 0 Å². The van der Waals surface area contributed by atoms with Gasteiger partial charge in [0.25, 0.3) is 0 Å². The van der Waals surface area contributed by atoms with Crippen LogP contribution in [0.15, 0.2) is 182 Å². The van der Waals surface area contributed by atoms with Gasteiger partial charge >= 0.3 is 22.6 Å². The van der Waals surface area contributed by atoms with Gasteiger partial charge in [0.05, 0.1) is 0 Å². The van der Waals surface area contributed by atoms with Crippen LogP contribution in [0.3, 0.4) is 0 Å². The minimum absolute atomic E-state index is 0. The number of hydrogen-bond donors (Lipinski definition) is 0. The van der Waals surface area contributed by atoms with Crippen molar-refractivity contribution in [2.75, 3.05) is 0 Å². The molecule has 7 heteroatoms. The van der Waals surface area contributed by atoms with Crippen molar-refractivity contribution in [3.05, 3.63) is 195 Å². The molecule has 0 saturated carbocycles. The Labute approximate surface area is 305 Å². The predicted octanol–water partition coefficient (Wildman–Crippen LogP) is 6.54. The molecular weight excluding hydrogens is 973 g/mol. The summed E-state index contributed by atoms with van der Waals surface area (Å²) in [5, 5.41) is 8.39. The first-order valence-electron chi connectivity index (χ1n) is 13.2. The topological polar surface area (TPSA) is 39.8 Å². The Morgan fingerprint density at radius 2 is 0.378 bits per heavy atom. The van der Waals surface area contributed by atoms with Gasteiger partial charge in [0.15, 0.2) is 0 Å². The van der Waals surface area contributed by atoms with Gasteiger partial charge < -0.3 is 13.5 Å². The molecule has 0 aliphatic rings. The van der Waals surface area contributed by atoms with E-state index in [1.807, 2.05) is 0 Å². The van der Waals surface area contributed by atoms with Crippen molar-refractivity contribution in [1.82, 2.24) is 0 Å². The van der Waals surface area contributed by atoms with Gasteiger partial charge in [-0.2, -0.15) is 0 Å². The van der Waals surface area contributed by atoms with Gasteiger partial charge in [-0.15, -0.1) is 0 Å². The Kier molecular flexibility index (Phi) is 24.1. The minimum atomic E-state index is -0.446. The maximum absolute atomic E-state index is 7.50. The summed E-state index contributed by atoms with van der Waals surface area (Å²) < 4.78 is 15.0. The molecule has 0 heterocycles. The molecule has 2 nitrogen and oxygen atoms in total. The summed E-state index contributed by atoms with van der Waals surface area (Å²) in [6.07, 6.45) is 0. The van der Waals surface area contributed by atoms with Crippen LogP contribution in [-0.2, 0) is 64.9 Å². The summed E-state index contributed by atoms with van der Waals surface area (Å²) in [5.74, 6) is 0. The molecule has 0 aliphatic heterocycles. The first-order valence-corrected chi connectivity index (χ1v) is 15.9. The molecule has 0 amide bonds. The summed E-state index contributed by atoms with van der Waals surface area (Å²) >= 11 is 0. The molecule has 0 saturated heterocycles. The Morgan fingerprint density at radius 1 is 0.267 bits per heavy atom. The molecule has 0 aliphatic carbocycles. The van der Waals surface area contributed by atoms with Gasteiger partial charge in [0, 0.05) is 42.1 Å². The SMILES string of the molecule is [C-]#[O+].[C-]#[O+].[Pt].[Pt].[SH-].c1ccc(P(c2ccccc2)c2ccccc2)cc1.c1ccc(P(c2ccccc2)c2ccccc2)cc1. The Morgan fingerprint density at radius 3 is 0.489 bits per heavy atom. The van der Waals surface area contributed by atoms with E-state index >= 15 is 0 Å². The summed E-state index contributed by atoms with van der Waals surface area (Å²) in [6, 6.07) is 64.7. The number of thiol groups is 1. The molecule has 0 fully saturated rings.